The van der Waals surface area contributed by atoms with E-state index in [1.165, 1.54) is 18.4 Å². The number of ether oxygens (including phenoxy) is 1. The summed E-state index contributed by atoms with van der Waals surface area (Å²) in [4.78, 5) is 16.1. The van der Waals surface area contributed by atoms with Crippen molar-refractivity contribution < 1.29 is 9.53 Å². The van der Waals surface area contributed by atoms with Gasteiger partial charge in [0.2, 0.25) is 0 Å². The van der Waals surface area contributed by atoms with Crippen molar-refractivity contribution in [1.29, 1.82) is 0 Å². The molecule has 126 valence electrons. The molecule has 3 heteroatoms. The number of hydrogen-bond donors (Lipinski definition) is 1. The first-order chi connectivity index (χ1) is 12.2. The van der Waals surface area contributed by atoms with Crippen LogP contribution >= 0.6 is 0 Å². The van der Waals surface area contributed by atoms with Crippen LogP contribution in [0.3, 0.4) is 0 Å². The molecule has 1 N–H and O–H groups in total. The average Bonchev–Trinajstić information content (AvgIpc) is 3.41. The number of carbonyl (C=O) groups excluding carboxylic acids is 1. The van der Waals surface area contributed by atoms with Crippen LogP contribution in [0, 0.1) is 0 Å². The summed E-state index contributed by atoms with van der Waals surface area (Å²) in [5, 5.41) is 0. The highest BCUT2D eigenvalue weighted by Gasteiger charge is 2.23. The summed E-state index contributed by atoms with van der Waals surface area (Å²) < 4.78 is 5.62. The summed E-state index contributed by atoms with van der Waals surface area (Å²) in [6, 6.07) is 19.7. The van der Waals surface area contributed by atoms with Gasteiger partial charge in [-0.2, -0.15) is 0 Å². The molecule has 3 aromatic rings. The molecule has 0 aliphatic heterocycles. The lowest BCUT2D eigenvalue weighted by Crippen LogP contribution is -2.09. The number of aryl methyl sites for hydroxylation is 1. The van der Waals surface area contributed by atoms with E-state index in [-0.39, 0.29) is 5.97 Å². The van der Waals surface area contributed by atoms with E-state index >= 15 is 0 Å². The Bertz CT molecular complexity index is 874. The number of H-pyrrole nitrogens is 1. The number of nitrogens with one attached hydrogen (secondary N) is 1. The van der Waals surface area contributed by atoms with Crippen LogP contribution in [0.2, 0.25) is 0 Å². The summed E-state index contributed by atoms with van der Waals surface area (Å²) >= 11 is 0. The molecule has 0 atom stereocenters. The Hall–Kier alpha value is -2.81. The largest absolute Gasteiger partial charge is 0.423 e. The standard InChI is InChI=1S/C22H21NO2/c1-2-18-14-20(21(23-18)17-6-4-3-5-7-17)22(24)25-19-12-10-16(11-13-19)15-8-9-15/h3-7,10-15,23H,2,8-9H2,1H3. The Morgan fingerprint density at radius 3 is 2.44 bits per heavy atom. The maximum absolute atomic E-state index is 12.7. The minimum atomic E-state index is -0.325. The number of aromatic amines is 1. The molecule has 1 fully saturated rings. The highest BCUT2D eigenvalue weighted by Crippen LogP contribution is 2.40. The second-order valence-corrected chi connectivity index (χ2v) is 6.54. The topological polar surface area (TPSA) is 42.1 Å². The van der Waals surface area contributed by atoms with Crippen LogP contribution in [-0.2, 0) is 6.42 Å². The molecule has 0 amide bonds. The van der Waals surface area contributed by atoms with Gasteiger partial charge < -0.3 is 9.72 Å². The molecular formula is C22H21NO2. The summed E-state index contributed by atoms with van der Waals surface area (Å²) in [6.45, 7) is 2.06. The molecule has 0 spiro atoms. The molecule has 0 saturated heterocycles. The Balaban J connectivity index is 1.59. The Morgan fingerprint density at radius 2 is 1.80 bits per heavy atom. The van der Waals surface area contributed by atoms with Gasteiger partial charge >= 0.3 is 5.97 Å². The smallest absolute Gasteiger partial charge is 0.345 e. The fraction of sp³-hybridized carbons (Fsp3) is 0.227. The normalized spacial score (nSPS) is 13.6. The first-order valence-corrected chi connectivity index (χ1v) is 8.84. The van der Waals surface area contributed by atoms with Gasteiger partial charge in [0.15, 0.2) is 0 Å². The number of carbonyl (C=O) groups is 1. The maximum Gasteiger partial charge on any atom is 0.345 e. The van der Waals surface area contributed by atoms with Crippen molar-refractivity contribution in [2.24, 2.45) is 0 Å². The van der Waals surface area contributed by atoms with Crippen LogP contribution < -0.4 is 4.74 Å². The van der Waals surface area contributed by atoms with E-state index in [0.717, 1.165) is 23.4 Å². The van der Waals surface area contributed by atoms with E-state index in [0.29, 0.717) is 17.2 Å². The molecule has 2 aromatic carbocycles. The molecule has 1 saturated carbocycles. The lowest BCUT2D eigenvalue weighted by Gasteiger charge is -2.07. The number of esters is 1. The summed E-state index contributed by atoms with van der Waals surface area (Å²) in [5.41, 5.74) is 4.74. The third-order valence-corrected chi connectivity index (χ3v) is 4.68. The van der Waals surface area contributed by atoms with Gasteiger partial charge in [-0.15, -0.1) is 0 Å². The highest BCUT2D eigenvalue weighted by atomic mass is 16.5. The van der Waals surface area contributed by atoms with Crippen LogP contribution in [0.25, 0.3) is 11.3 Å². The molecule has 3 nitrogen and oxygen atoms in total. The quantitative estimate of drug-likeness (QED) is 0.506. The molecule has 1 aliphatic carbocycles. The summed E-state index contributed by atoms with van der Waals surface area (Å²) in [6.07, 6.45) is 3.37. The van der Waals surface area contributed by atoms with Gasteiger partial charge in [-0.25, -0.2) is 4.79 Å². The Morgan fingerprint density at radius 1 is 1.08 bits per heavy atom. The predicted molar refractivity (Wildman–Crippen MR) is 99.0 cm³/mol. The molecular weight excluding hydrogens is 310 g/mol. The van der Waals surface area contributed by atoms with E-state index in [2.05, 4.69) is 24.0 Å². The second-order valence-electron chi connectivity index (χ2n) is 6.54. The third-order valence-electron chi connectivity index (χ3n) is 4.68. The van der Waals surface area contributed by atoms with E-state index in [1.807, 2.05) is 48.5 Å². The van der Waals surface area contributed by atoms with E-state index < -0.39 is 0 Å². The zero-order valence-corrected chi connectivity index (χ0v) is 14.3. The van der Waals surface area contributed by atoms with Crippen molar-refractivity contribution in [3.63, 3.8) is 0 Å². The number of rotatable bonds is 5. The second kappa shape index (κ2) is 6.60. The van der Waals surface area contributed by atoms with Crippen molar-refractivity contribution in [3.8, 4) is 17.0 Å². The van der Waals surface area contributed by atoms with Gasteiger partial charge in [0.1, 0.15) is 5.75 Å². The van der Waals surface area contributed by atoms with Gasteiger partial charge in [0, 0.05) is 5.69 Å². The predicted octanol–water partition coefficient (Wildman–Crippen LogP) is 5.34. The fourth-order valence-electron chi connectivity index (χ4n) is 3.08. The molecule has 0 unspecified atom stereocenters. The molecule has 1 aromatic heterocycles. The third kappa shape index (κ3) is 3.36. The fourth-order valence-corrected chi connectivity index (χ4v) is 3.08. The van der Waals surface area contributed by atoms with Crippen molar-refractivity contribution in [2.45, 2.75) is 32.1 Å². The van der Waals surface area contributed by atoms with E-state index in [1.54, 1.807) is 0 Å². The zero-order chi connectivity index (χ0) is 17.2. The monoisotopic (exact) mass is 331 g/mol. The van der Waals surface area contributed by atoms with Crippen LogP contribution in [0.5, 0.6) is 5.75 Å². The first-order valence-electron chi connectivity index (χ1n) is 8.84. The number of hydrogen-bond acceptors (Lipinski definition) is 2. The lowest BCUT2D eigenvalue weighted by molar-refractivity contribution is 0.0735. The minimum absolute atomic E-state index is 0.325. The summed E-state index contributed by atoms with van der Waals surface area (Å²) in [7, 11) is 0. The number of aromatic nitrogens is 1. The highest BCUT2D eigenvalue weighted by molar-refractivity contribution is 5.98. The molecule has 4 rings (SSSR count). The molecule has 0 bridgehead atoms. The lowest BCUT2D eigenvalue weighted by atomic mass is 10.1. The average molecular weight is 331 g/mol. The summed E-state index contributed by atoms with van der Waals surface area (Å²) in [5.74, 6) is 0.966. The van der Waals surface area contributed by atoms with E-state index in [9.17, 15) is 4.79 Å². The van der Waals surface area contributed by atoms with Crippen molar-refractivity contribution >= 4 is 5.97 Å². The van der Waals surface area contributed by atoms with Crippen LogP contribution in [0.1, 0.15) is 47.3 Å². The Labute approximate surface area is 147 Å². The van der Waals surface area contributed by atoms with Gasteiger partial charge in [-0.1, -0.05) is 49.4 Å². The maximum atomic E-state index is 12.7. The van der Waals surface area contributed by atoms with E-state index in [4.69, 9.17) is 4.74 Å². The SMILES string of the molecule is CCc1cc(C(=O)Oc2ccc(C3CC3)cc2)c(-c2ccccc2)[nH]1. The molecule has 0 radical (unpaired) electrons. The van der Waals surface area contributed by atoms with Gasteiger partial charge in [-0.3, -0.25) is 0 Å². The van der Waals surface area contributed by atoms with Crippen LogP contribution in [0.4, 0.5) is 0 Å². The van der Waals surface area contributed by atoms with Crippen LogP contribution in [-0.4, -0.2) is 11.0 Å². The van der Waals surface area contributed by atoms with Crippen molar-refractivity contribution in [3.05, 3.63) is 77.5 Å². The molecule has 1 heterocycles. The molecule has 25 heavy (non-hydrogen) atoms. The van der Waals surface area contributed by atoms with Gasteiger partial charge in [0.25, 0.3) is 0 Å². The van der Waals surface area contributed by atoms with Gasteiger partial charge in [0.05, 0.1) is 11.3 Å². The zero-order valence-electron chi connectivity index (χ0n) is 14.3. The number of benzene rings is 2. The Kier molecular flexibility index (Phi) is 4.14. The molecule has 1 aliphatic rings. The van der Waals surface area contributed by atoms with Crippen LogP contribution in [0.15, 0.2) is 60.7 Å². The van der Waals surface area contributed by atoms with Gasteiger partial charge in [-0.05, 0) is 54.5 Å². The van der Waals surface area contributed by atoms with Crippen molar-refractivity contribution in [2.75, 3.05) is 0 Å². The minimum Gasteiger partial charge on any atom is -0.423 e. The first kappa shape index (κ1) is 15.7. The van der Waals surface area contributed by atoms with Crippen molar-refractivity contribution in [1.82, 2.24) is 4.98 Å².